The third-order valence-corrected chi connectivity index (χ3v) is 7.28. The van der Waals surface area contributed by atoms with E-state index in [0.717, 1.165) is 33.9 Å². The van der Waals surface area contributed by atoms with Crippen molar-refractivity contribution in [3.63, 3.8) is 0 Å². The molecule has 1 amide bonds. The number of nitrogens with one attached hydrogen (secondary N) is 1. The molecule has 2 aliphatic heterocycles. The Hall–Kier alpha value is -2.11. The van der Waals surface area contributed by atoms with Crippen LogP contribution in [0.4, 0.5) is 22.0 Å². The van der Waals surface area contributed by atoms with E-state index in [9.17, 15) is 26.7 Å². The van der Waals surface area contributed by atoms with Gasteiger partial charge in [-0.15, -0.1) is 11.3 Å². The van der Waals surface area contributed by atoms with Gasteiger partial charge in [-0.1, -0.05) is 28.4 Å². The summed E-state index contributed by atoms with van der Waals surface area (Å²) in [6.07, 6.45) is -8.05. The first kappa shape index (κ1) is 24.0. The Balaban J connectivity index is 1.54. The smallest absolute Gasteiger partial charge is 0.372 e. The Labute approximate surface area is 199 Å². The highest BCUT2D eigenvalue weighted by Gasteiger charge is 2.63. The summed E-state index contributed by atoms with van der Waals surface area (Å²) in [6.45, 7) is 1.35. The number of oxime groups is 1. The lowest BCUT2D eigenvalue weighted by atomic mass is 9.89. The van der Waals surface area contributed by atoms with E-state index in [1.165, 1.54) is 6.07 Å². The molecular formula is C20H16Cl2F5N3O2S. The molecule has 1 atom stereocenters. The van der Waals surface area contributed by atoms with Crippen molar-refractivity contribution in [2.45, 2.75) is 44.6 Å². The van der Waals surface area contributed by atoms with Crippen LogP contribution < -0.4 is 5.32 Å². The van der Waals surface area contributed by atoms with Crippen LogP contribution in [-0.4, -0.2) is 35.8 Å². The predicted octanol–water partition coefficient (Wildman–Crippen LogP) is 5.87. The first-order valence-corrected chi connectivity index (χ1v) is 11.2. The molecule has 3 heterocycles. The Kier molecular flexibility index (Phi) is 6.25. The normalized spacial score (nSPS) is 20.2. The molecule has 33 heavy (non-hydrogen) atoms. The van der Waals surface area contributed by atoms with E-state index < -0.39 is 37.1 Å². The van der Waals surface area contributed by atoms with Gasteiger partial charge in [0.2, 0.25) is 0 Å². The molecular weight excluding hydrogens is 512 g/mol. The predicted molar refractivity (Wildman–Crippen MR) is 114 cm³/mol. The Morgan fingerprint density at radius 2 is 1.94 bits per heavy atom. The topological polar surface area (TPSA) is 53.9 Å². The van der Waals surface area contributed by atoms with E-state index in [-0.39, 0.29) is 34.5 Å². The van der Waals surface area contributed by atoms with Crippen LogP contribution >= 0.6 is 34.5 Å². The number of hydrogen-bond acceptors (Lipinski definition) is 5. The van der Waals surface area contributed by atoms with E-state index in [4.69, 9.17) is 28.0 Å². The lowest BCUT2D eigenvalue weighted by Gasteiger charge is -2.30. The second-order valence-corrected chi connectivity index (χ2v) is 9.65. The molecule has 0 bridgehead atoms. The average molecular weight is 528 g/mol. The van der Waals surface area contributed by atoms with E-state index in [0.29, 0.717) is 10.4 Å². The SMILES string of the molecule is Cc1c(C(=O)NCC(F)F)sc2c1CN(C1=NOC(c3cc(Cl)cc(Cl)c3)(C(F)(F)F)C1)C2. The number of nitrogens with zero attached hydrogens (tertiary/aromatic N) is 2. The van der Waals surface area contributed by atoms with Gasteiger partial charge >= 0.3 is 6.18 Å². The van der Waals surface area contributed by atoms with Crippen molar-refractivity contribution in [2.75, 3.05) is 6.54 Å². The molecule has 4 rings (SSSR count). The highest BCUT2D eigenvalue weighted by molar-refractivity contribution is 7.14. The van der Waals surface area contributed by atoms with E-state index in [2.05, 4.69) is 10.5 Å². The highest BCUT2D eigenvalue weighted by atomic mass is 35.5. The molecule has 0 saturated heterocycles. The van der Waals surface area contributed by atoms with Gasteiger partial charge in [-0.25, -0.2) is 8.78 Å². The number of rotatable bonds is 4. The Morgan fingerprint density at radius 1 is 1.27 bits per heavy atom. The molecule has 1 unspecified atom stereocenters. The van der Waals surface area contributed by atoms with Gasteiger partial charge in [0.15, 0.2) is 0 Å². The lowest BCUT2D eigenvalue weighted by molar-refractivity contribution is -0.275. The van der Waals surface area contributed by atoms with Gasteiger partial charge in [-0.3, -0.25) is 4.79 Å². The first-order valence-electron chi connectivity index (χ1n) is 9.62. The number of carbonyl (C=O) groups is 1. The number of fused-ring (bicyclic) bond motifs is 1. The number of benzene rings is 1. The molecule has 1 aromatic heterocycles. The Bertz CT molecular complexity index is 1120. The fourth-order valence-electron chi connectivity index (χ4n) is 3.86. The molecule has 5 nitrogen and oxygen atoms in total. The number of amides is 1. The van der Waals surface area contributed by atoms with Crippen molar-refractivity contribution in [1.29, 1.82) is 0 Å². The van der Waals surface area contributed by atoms with Gasteiger partial charge in [-0.2, -0.15) is 13.2 Å². The molecule has 0 aliphatic carbocycles. The van der Waals surface area contributed by atoms with Gasteiger partial charge in [-0.05, 0) is 36.2 Å². The summed E-state index contributed by atoms with van der Waals surface area (Å²) in [6, 6.07) is 3.62. The molecule has 178 valence electrons. The number of carbonyl (C=O) groups excluding carboxylic acids is 1. The van der Waals surface area contributed by atoms with Crippen molar-refractivity contribution in [3.05, 3.63) is 54.7 Å². The van der Waals surface area contributed by atoms with E-state index in [1.54, 1.807) is 11.8 Å². The summed E-state index contributed by atoms with van der Waals surface area (Å²) in [5.74, 6) is -0.510. The molecule has 1 N–H and O–H groups in total. The second-order valence-electron chi connectivity index (χ2n) is 7.67. The quantitative estimate of drug-likeness (QED) is 0.506. The van der Waals surface area contributed by atoms with Gasteiger partial charge in [0.05, 0.1) is 24.4 Å². The van der Waals surface area contributed by atoms with Gasteiger partial charge in [0.25, 0.3) is 17.9 Å². The van der Waals surface area contributed by atoms with Crippen molar-refractivity contribution < 1.29 is 31.6 Å². The summed E-state index contributed by atoms with van der Waals surface area (Å²) >= 11 is 13.0. The van der Waals surface area contributed by atoms with Crippen LogP contribution in [0.5, 0.6) is 0 Å². The van der Waals surface area contributed by atoms with Crippen LogP contribution in [0.3, 0.4) is 0 Å². The third-order valence-electron chi connectivity index (χ3n) is 5.53. The van der Waals surface area contributed by atoms with Crippen LogP contribution in [0.2, 0.25) is 10.0 Å². The van der Waals surface area contributed by atoms with Crippen LogP contribution in [0.15, 0.2) is 23.4 Å². The van der Waals surface area contributed by atoms with Crippen molar-refractivity contribution in [3.8, 4) is 0 Å². The maximum Gasteiger partial charge on any atom is 0.435 e. The molecule has 0 spiro atoms. The van der Waals surface area contributed by atoms with Gasteiger partial charge in [0.1, 0.15) is 5.84 Å². The summed E-state index contributed by atoms with van der Waals surface area (Å²) in [7, 11) is 0. The number of halogens is 7. The number of hydrogen-bond donors (Lipinski definition) is 1. The fourth-order valence-corrected chi connectivity index (χ4v) is 5.63. The minimum absolute atomic E-state index is 0.0369. The Morgan fingerprint density at radius 3 is 2.52 bits per heavy atom. The first-order chi connectivity index (χ1) is 15.4. The van der Waals surface area contributed by atoms with E-state index >= 15 is 0 Å². The molecule has 0 fully saturated rings. The monoisotopic (exact) mass is 527 g/mol. The number of alkyl halides is 5. The number of thiophene rings is 1. The van der Waals surface area contributed by atoms with Gasteiger partial charge in [0, 0.05) is 27.0 Å². The minimum atomic E-state index is -4.80. The van der Waals surface area contributed by atoms with Crippen LogP contribution in [0.25, 0.3) is 0 Å². The second kappa shape index (κ2) is 8.59. The third kappa shape index (κ3) is 4.38. The van der Waals surface area contributed by atoms with Crippen LogP contribution in [0.1, 0.15) is 37.7 Å². The standard InChI is InChI=1S/C20H16Cl2F5N3O2S/c1-9-13-7-30(8-14(13)33-17(9)18(31)28-6-15(23)24)16-5-19(32-29-16,20(25,26)27)10-2-11(21)4-12(22)3-10/h2-4,15H,5-8H2,1H3,(H,28,31). The largest absolute Gasteiger partial charge is 0.435 e. The van der Waals surface area contributed by atoms with E-state index in [1.807, 2.05) is 0 Å². The zero-order valence-electron chi connectivity index (χ0n) is 16.9. The zero-order chi connectivity index (χ0) is 24.1. The van der Waals surface area contributed by atoms with Crippen molar-refractivity contribution in [2.24, 2.45) is 5.16 Å². The summed E-state index contributed by atoms with van der Waals surface area (Å²) in [4.78, 5) is 19.9. The summed E-state index contributed by atoms with van der Waals surface area (Å²) < 4.78 is 67.2. The lowest BCUT2D eigenvalue weighted by Crippen LogP contribution is -2.43. The summed E-state index contributed by atoms with van der Waals surface area (Å²) in [5, 5.41) is 5.99. The molecule has 2 aliphatic rings. The molecule has 1 aromatic carbocycles. The van der Waals surface area contributed by atoms with Crippen LogP contribution in [0, 0.1) is 6.92 Å². The van der Waals surface area contributed by atoms with Crippen LogP contribution in [-0.2, 0) is 23.5 Å². The maximum absolute atomic E-state index is 14.2. The maximum atomic E-state index is 14.2. The average Bonchev–Trinajstić information content (AvgIpc) is 3.39. The van der Waals surface area contributed by atoms with Crippen molar-refractivity contribution in [1.82, 2.24) is 10.2 Å². The molecule has 2 aromatic rings. The molecule has 0 saturated carbocycles. The summed E-state index contributed by atoms with van der Waals surface area (Å²) in [5.41, 5.74) is -1.62. The molecule has 0 radical (unpaired) electrons. The minimum Gasteiger partial charge on any atom is -0.372 e. The highest BCUT2D eigenvalue weighted by Crippen LogP contribution is 2.50. The fraction of sp³-hybridized carbons (Fsp3) is 0.400. The van der Waals surface area contributed by atoms with Gasteiger partial charge < -0.3 is 15.1 Å². The molecule has 13 heteroatoms. The number of amidine groups is 1. The van der Waals surface area contributed by atoms with Crippen molar-refractivity contribution >= 4 is 46.3 Å². The zero-order valence-corrected chi connectivity index (χ0v) is 19.2.